The fourth-order valence-corrected chi connectivity index (χ4v) is 2.65. The van der Waals surface area contributed by atoms with Gasteiger partial charge in [-0.25, -0.2) is 0 Å². The molecule has 0 bridgehead atoms. The number of amides is 1. The van der Waals surface area contributed by atoms with Crippen molar-refractivity contribution in [2.75, 3.05) is 32.8 Å². The Morgan fingerprint density at radius 3 is 2.76 bits per heavy atom. The molecule has 4 nitrogen and oxygen atoms in total. The van der Waals surface area contributed by atoms with Crippen LogP contribution in [0.5, 0.6) is 0 Å². The summed E-state index contributed by atoms with van der Waals surface area (Å²) in [6.07, 6.45) is 5.26. The van der Waals surface area contributed by atoms with Gasteiger partial charge in [-0.3, -0.25) is 4.79 Å². The number of nitrogens with one attached hydrogen (secondary N) is 2. The van der Waals surface area contributed by atoms with Crippen LogP contribution < -0.4 is 10.6 Å². The molecule has 1 atom stereocenters. The Kier molecular flexibility index (Phi) is 5.26. The molecule has 2 aliphatic rings. The van der Waals surface area contributed by atoms with Crippen molar-refractivity contribution >= 4 is 5.91 Å². The van der Waals surface area contributed by atoms with Gasteiger partial charge in [0, 0.05) is 26.2 Å². The summed E-state index contributed by atoms with van der Waals surface area (Å²) in [7, 11) is 0. The van der Waals surface area contributed by atoms with Gasteiger partial charge in [0.2, 0.25) is 5.91 Å². The molecule has 0 saturated carbocycles. The summed E-state index contributed by atoms with van der Waals surface area (Å²) in [5.74, 6) is 1.32. The highest BCUT2D eigenvalue weighted by Crippen LogP contribution is 2.17. The second-order valence-corrected chi connectivity index (χ2v) is 5.28. The molecule has 2 aliphatic heterocycles. The van der Waals surface area contributed by atoms with Gasteiger partial charge in [-0.2, -0.15) is 0 Å². The summed E-state index contributed by atoms with van der Waals surface area (Å²) in [4.78, 5) is 11.8. The molecule has 2 heterocycles. The topological polar surface area (TPSA) is 50.4 Å². The van der Waals surface area contributed by atoms with Crippen LogP contribution in [0.15, 0.2) is 0 Å². The number of hydrogen-bond donors (Lipinski definition) is 2. The van der Waals surface area contributed by atoms with Gasteiger partial charge in [0.05, 0.1) is 0 Å². The first kappa shape index (κ1) is 12.8. The zero-order chi connectivity index (χ0) is 11.9. The third-order valence-corrected chi connectivity index (χ3v) is 3.78. The lowest BCUT2D eigenvalue weighted by atomic mass is 9.96. The summed E-state index contributed by atoms with van der Waals surface area (Å²) >= 11 is 0. The van der Waals surface area contributed by atoms with E-state index in [2.05, 4.69) is 10.6 Å². The molecular formula is C13H24N2O2. The van der Waals surface area contributed by atoms with E-state index in [1.807, 2.05) is 0 Å². The van der Waals surface area contributed by atoms with E-state index in [9.17, 15) is 4.79 Å². The maximum Gasteiger partial charge on any atom is 0.220 e. The molecule has 2 N–H and O–H groups in total. The first-order chi connectivity index (χ1) is 8.34. The number of hydrogen-bond acceptors (Lipinski definition) is 3. The van der Waals surface area contributed by atoms with Crippen LogP contribution in [0, 0.1) is 11.8 Å². The second-order valence-electron chi connectivity index (χ2n) is 5.28. The molecule has 2 rings (SSSR count). The van der Waals surface area contributed by atoms with Gasteiger partial charge in [0.1, 0.15) is 0 Å². The first-order valence-corrected chi connectivity index (χ1v) is 6.90. The smallest absolute Gasteiger partial charge is 0.220 e. The van der Waals surface area contributed by atoms with Crippen molar-refractivity contribution < 1.29 is 9.53 Å². The molecule has 0 aliphatic carbocycles. The molecule has 0 aromatic rings. The monoisotopic (exact) mass is 240 g/mol. The molecule has 0 unspecified atom stereocenters. The molecule has 17 heavy (non-hydrogen) atoms. The van der Waals surface area contributed by atoms with E-state index in [1.54, 1.807) is 0 Å². The molecule has 4 heteroatoms. The number of piperidine rings is 1. The highest BCUT2D eigenvalue weighted by molar-refractivity contribution is 5.76. The van der Waals surface area contributed by atoms with Crippen molar-refractivity contribution in [2.24, 2.45) is 11.8 Å². The maximum atomic E-state index is 11.8. The Morgan fingerprint density at radius 2 is 2.06 bits per heavy atom. The fraction of sp³-hybridized carbons (Fsp3) is 0.923. The lowest BCUT2D eigenvalue weighted by Gasteiger charge is -2.24. The highest BCUT2D eigenvalue weighted by atomic mass is 16.5. The summed E-state index contributed by atoms with van der Waals surface area (Å²) < 4.78 is 5.39. The van der Waals surface area contributed by atoms with Crippen molar-refractivity contribution in [1.29, 1.82) is 0 Å². The molecule has 2 saturated heterocycles. The van der Waals surface area contributed by atoms with Gasteiger partial charge in [-0.15, -0.1) is 0 Å². The zero-order valence-corrected chi connectivity index (χ0v) is 10.5. The van der Waals surface area contributed by atoms with E-state index in [4.69, 9.17) is 4.74 Å². The number of rotatable bonds is 4. The Balaban J connectivity index is 1.59. The van der Waals surface area contributed by atoms with Crippen LogP contribution in [0.25, 0.3) is 0 Å². The lowest BCUT2D eigenvalue weighted by molar-refractivity contribution is -0.123. The third kappa shape index (κ3) is 4.64. The average Bonchev–Trinajstić information content (AvgIpc) is 2.39. The van der Waals surface area contributed by atoms with Gasteiger partial charge in [-0.05, 0) is 50.6 Å². The molecular weight excluding hydrogens is 216 g/mol. The maximum absolute atomic E-state index is 11.8. The third-order valence-electron chi connectivity index (χ3n) is 3.78. The highest BCUT2D eigenvalue weighted by Gasteiger charge is 2.18. The Morgan fingerprint density at radius 1 is 1.24 bits per heavy atom. The van der Waals surface area contributed by atoms with E-state index < -0.39 is 0 Å². The van der Waals surface area contributed by atoms with E-state index in [-0.39, 0.29) is 5.91 Å². The SMILES string of the molecule is O=C(C[C@H]1CCCOC1)NCC1CCNCC1. The van der Waals surface area contributed by atoms with Crippen LogP contribution >= 0.6 is 0 Å². The van der Waals surface area contributed by atoms with E-state index in [0.29, 0.717) is 18.3 Å². The Hall–Kier alpha value is -0.610. The Labute approximate surface area is 103 Å². The van der Waals surface area contributed by atoms with Crippen LogP contribution in [0.2, 0.25) is 0 Å². The van der Waals surface area contributed by atoms with E-state index in [0.717, 1.165) is 45.7 Å². The van der Waals surface area contributed by atoms with Crippen molar-refractivity contribution in [1.82, 2.24) is 10.6 Å². The summed E-state index contributed by atoms with van der Waals surface area (Å²) in [6, 6.07) is 0. The van der Waals surface area contributed by atoms with Gasteiger partial charge < -0.3 is 15.4 Å². The first-order valence-electron chi connectivity index (χ1n) is 6.90. The molecule has 0 aromatic carbocycles. The minimum atomic E-state index is 0.207. The van der Waals surface area contributed by atoms with Crippen molar-refractivity contribution in [3.05, 3.63) is 0 Å². The van der Waals surface area contributed by atoms with Crippen LogP contribution in [-0.4, -0.2) is 38.8 Å². The number of carbonyl (C=O) groups excluding carboxylic acids is 1. The molecule has 2 fully saturated rings. The second kappa shape index (κ2) is 6.97. The van der Waals surface area contributed by atoms with Gasteiger partial charge in [0.15, 0.2) is 0 Å². The van der Waals surface area contributed by atoms with Crippen molar-refractivity contribution in [2.45, 2.75) is 32.1 Å². The fourth-order valence-electron chi connectivity index (χ4n) is 2.65. The van der Waals surface area contributed by atoms with Crippen molar-refractivity contribution in [3.63, 3.8) is 0 Å². The van der Waals surface area contributed by atoms with Gasteiger partial charge in [-0.1, -0.05) is 0 Å². The Bertz CT molecular complexity index is 234. The minimum Gasteiger partial charge on any atom is -0.381 e. The molecule has 0 radical (unpaired) electrons. The summed E-state index contributed by atoms with van der Waals surface area (Å²) in [6.45, 7) is 4.68. The molecule has 0 aromatic heterocycles. The molecule has 0 spiro atoms. The molecule has 1 amide bonds. The number of carbonyl (C=O) groups is 1. The van der Waals surface area contributed by atoms with E-state index >= 15 is 0 Å². The predicted octanol–water partition coefficient (Wildman–Crippen LogP) is 0.919. The predicted molar refractivity (Wildman–Crippen MR) is 66.8 cm³/mol. The van der Waals surface area contributed by atoms with Gasteiger partial charge in [0.25, 0.3) is 0 Å². The van der Waals surface area contributed by atoms with Crippen LogP contribution in [0.3, 0.4) is 0 Å². The summed E-state index contributed by atoms with van der Waals surface area (Å²) in [5, 5.41) is 6.42. The zero-order valence-electron chi connectivity index (χ0n) is 10.5. The quantitative estimate of drug-likeness (QED) is 0.768. The average molecular weight is 240 g/mol. The molecule has 98 valence electrons. The normalized spacial score (nSPS) is 26.7. The van der Waals surface area contributed by atoms with Crippen LogP contribution in [0.4, 0.5) is 0 Å². The number of ether oxygens (including phenoxy) is 1. The lowest BCUT2D eigenvalue weighted by Crippen LogP contribution is -2.37. The minimum absolute atomic E-state index is 0.207. The summed E-state index contributed by atoms with van der Waals surface area (Å²) in [5.41, 5.74) is 0. The van der Waals surface area contributed by atoms with Crippen LogP contribution in [-0.2, 0) is 9.53 Å². The largest absolute Gasteiger partial charge is 0.381 e. The van der Waals surface area contributed by atoms with E-state index in [1.165, 1.54) is 12.8 Å². The standard InChI is InChI=1S/C13H24N2O2/c16-13(8-12-2-1-7-17-10-12)15-9-11-3-5-14-6-4-11/h11-12,14H,1-10H2,(H,15,16)/t12-/m1/s1. The van der Waals surface area contributed by atoms with Gasteiger partial charge >= 0.3 is 0 Å². The van der Waals surface area contributed by atoms with Crippen molar-refractivity contribution in [3.8, 4) is 0 Å². The van der Waals surface area contributed by atoms with Crippen LogP contribution in [0.1, 0.15) is 32.1 Å².